The molecule has 3 aromatic rings. The van der Waals surface area contributed by atoms with E-state index in [-0.39, 0.29) is 12.3 Å². The van der Waals surface area contributed by atoms with Gasteiger partial charge < -0.3 is 15.3 Å². The second kappa shape index (κ2) is 10.8. The van der Waals surface area contributed by atoms with Crippen LogP contribution < -0.4 is 10.5 Å². The fourth-order valence-corrected chi connectivity index (χ4v) is 3.07. The van der Waals surface area contributed by atoms with Crippen molar-refractivity contribution in [3.63, 3.8) is 0 Å². The molecule has 0 aromatic heterocycles. The first-order chi connectivity index (χ1) is 14.7. The van der Waals surface area contributed by atoms with E-state index >= 15 is 0 Å². The number of nitrogens with two attached hydrogens (primary N) is 1. The first-order valence-electron chi connectivity index (χ1n) is 10.0. The third-order valence-electron chi connectivity index (χ3n) is 4.56. The molecule has 2 N–H and O–H groups in total. The smallest absolute Gasteiger partial charge is 0.221 e. The molecule has 0 aliphatic carbocycles. The zero-order valence-corrected chi connectivity index (χ0v) is 17.1. The van der Waals surface area contributed by atoms with E-state index in [1.54, 1.807) is 6.07 Å². The zero-order chi connectivity index (χ0) is 21.2. The molecular formula is C25H26N2O3. The molecule has 0 fully saturated rings. The number of nitrogens with zero attached hydrogens (tertiary/aromatic N) is 1. The zero-order valence-electron chi connectivity index (χ0n) is 17.1. The van der Waals surface area contributed by atoms with Crippen molar-refractivity contribution in [2.45, 2.75) is 19.8 Å². The van der Waals surface area contributed by atoms with Crippen LogP contribution in [0, 0.1) is 0 Å². The van der Waals surface area contributed by atoms with Gasteiger partial charge in [-0.2, -0.15) is 0 Å². The number of primary amides is 1. The van der Waals surface area contributed by atoms with Gasteiger partial charge in [0.1, 0.15) is 12.4 Å². The Labute approximate surface area is 177 Å². The van der Waals surface area contributed by atoms with Gasteiger partial charge in [-0.15, -0.1) is 0 Å². The van der Waals surface area contributed by atoms with Gasteiger partial charge >= 0.3 is 0 Å². The Morgan fingerprint density at radius 3 is 2.33 bits per heavy atom. The van der Waals surface area contributed by atoms with Crippen LogP contribution in [-0.2, 0) is 16.1 Å². The number of carbonyl (C=O) groups is 1. The Balaban J connectivity index is 1.52. The van der Waals surface area contributed by atoms with Crippen LogP contribution in [0.1, 0.15) is 24.5 Å². The number of hydrogen-bond acceptors (Lipinski definition) is 4. The maximum Gasteiger partial charge on any atom is 0.221 e. The number of amides is 1. The van der Waals surface area contributed by atoms with Gasteiger partial charge in [-0.1, -0.05) is 78.8 Å². The third-order valence-corrected chi connectivity index (χ3v) is 4.56. The summed E-state index contributed by atoms with van der Waals surface area (Å²) >= 11 is 0. The molecule has 0 radical (unpaired) electrons. The molecule has 0 aliphatic heterocycles. The summed E-state index contributed by atoms with van der Waals surface area (Å²) in [6, 6.07) is 25.9. The van der Waals surface area contributed by atoms with Crippen molar-refractivity contribution in [2.75, 3.05) is 13.2 Å². The molecule has 30 heavy (non-hydrogen) atoms. The highest BCUT2D eigenvalue weighted by Crippen LogP contribution is 2.20. The third kappa shape index (κ3) is 6.21. The molecule has 0 aliphatic rings. The normalized spacial score (nSPS) is 11.2. The monoisotopic (exact) mass is 402 g/mol. The van der Waals surface area contributed by atoms with Gasteiger partial charge in [-0.05, 0) is 40.8 Å². The van der Waals surface area contributed by atoms with Gasteiger partial charge in [0, 0.05) is 0 Å². The van der Waals surface area contributed by atoms with Crippen LogP contribution in [0.3, 0.4) is 0 Å². The van der Waals surface area contributed by atoms with Crippen LogP contribution in [0.5, 0.6) is 5.75 Å². The van der Waals surface area contributed by atoms with Crippen LogP contribution in [-0.4, -0.2) is 24.8 Å². The van der Waals surface area contributed by atoms with E-state index in [0.29, 0.717) is 19.0 Å². The quantitative estimate of drug-likeness (QED) is 0.306. The lowest BCUT2D eigenvalue weighted by atomic mass is 10.0. The lowest BCUT2D eigenvalue weighted by Crippen LogP contribution is -2.13. The van der Waals surface area contributed by atoms with E-state index in [9.17, 15) is 4.79 Å². The molecule has 5 heteroatoms. The van der Waals surface area contributed by atoms with Crippen molar-refractivity contribution in [2.24, 2.45) is 10.9 Å². The molecule has 3 rings (SSSR count). The summed E-state index contributed by atoms with van der Waals surface area (Å²) in [7, 11) is 0. The van der Waals surface area contributed by atoms with Crippen molar-refractivity contribution < 1.29 is 14.4 Å². The largest absolute Gasteiger partial charge is 0.490 e. The molecule has 0 unspecified atom stereocenters. The van der Waals surface area contributed by atoms with Crippen LogP contribution in [0.2, 0.25) is 0 Å². The minimum Gasteiger partial charge on any atom is -0.490 e. The average molecular weight is 402 g/mol. The predicted molar refractivity (Wildman–Crippen MR) is 119 cm³/mol. The van der Waals surface area contributed by atoms with E-state index in [1.165, 1.54) is 11.1 Å². The Bertz CT molecular complexity index is 983. The molecule has 0 spiro atoms. The number of benzene rings is 3. The summed E-state index contributed by atoms with van der Waals surface area (Å²) in [4.78, 5) is 16.5. The minimum absolute atomic E-state index is 0.195. The fraction of sp³-hybridized carbons (Fsp3) is 0.200. The number of rotatable bonds is 10. The van der Waals surface area contributed by atoms with E-state index in [2.05, 4.69) is 41.6 Å². The lowest BCUT2D eigenvalue weighted by molar-refractivity contribution is -0.117. The summed E-state index contributed by atoms with van der Waals surface area (Å²) in [5.74, 6) is 0.308. The first kappa shape index (κ1) is 21.1. The van der Waals surface area contributed by atoms with Gasteiger partial charge in [-0.3, -0.25) is 4.79 Å². The summed E-state index contributed by atoms with van der Waals surface area (Å²) in [5.41, 5.74) is 10.3. The molecule has 0 saturated heterocycles. The van der Waals surface area contributed by atoms with E-state index in [1.807, 2.05) is 43.3 Å². The summed E-state index contributed by atoms with van der Waals surface area (Å²) < 4.78 is 5.67. The molecule has 0 bridgehead atoms. The maximum absolute atomic E-state index is 11.0. The summed E-state index contributed by atoms with van der Waals surface area (Å²) in [6.45, 7) is 2.73. The Morgan fingerprint density at radius 2 is 1.63 bits per heavy atom. The van der Waals surface area contributed by atoms with Crippen molar-refractivity contribution in [3.8, 4) is 16.9 Å². The van der Waals surface area contributed by atoms with Crippen molar-refractivity contribution in [1.82, 2.24) is 0 Å². The highest BCUT2D eigenvalue weighted by atomic mass is 16.6. The van der Waals surface area contributed by atoms with E-state index in [4.69, 9.17) is 15.3 Å². The van der Waals surface area contributed by atoms with Crippen molar-refractivity contribution in [3.05, 3.63) is 90.0 Å². The van der Waals surface area contributed by atoms with Gasteiger partial charge in [0.15, 0.2) is 6.61 Å². The molecule has 5 nitrogen and oxygen atoms in total. The first-order valence-corrected chi connectivity index (χ1v) is 10.0. The highest BCUT2D eigenvalue weighted by Gasteiger charge is 2.04. The van der Waals surface area contributed by atoms with E-state index < -0.39 is 0 Å². The van der Waals surface area contributed by atoms with Crippen molar-refractivity contribution >= 4 is 11.6 Å². The molecule has 0 saturated carbocycles. The standard InChI is InChI=1S/C25H26N2O3/c1-2-24(22-13-11-21(12-14-22)20-8-4-3-5-9-20)27-30-16-15-29-23-10-6-7-19(17-23)18-25(26)28/h3-14,17H,2,15-16,18H2,1H3,(H2,26,28). The van der Waals surface area contributed by atoms with Gasteiger partial charge in [0.2, 0.25) is 5.91 Å². The van der Waals surface area contributed by atoms with Crippen molar-refractivity contribution in [1.29, 1.82) is 0 Å². The van der Waals surface area contributed by atoms with Crippen LogP contribution >= 0.6 is 0 Å². The molecule has 154 valence electrons. The topological polar surface area (TPSA) is 73.9 Å². The summed E-state index contributed by atoms with van der Waals surface area (Å²) in [6.07, 6.45) is 0.960. The minimum atomic E-state index is -0.367. The molecular weight excluding hydrogens is 376 g/mol. The second-order valence-corrected chi connectivity index (χ2v) is 6.81. The average Bonchev–Trinajstić information content (AvgIpc) is 2.77. The van der Waals surface area contributed by atoms with Gasteiger partial charge in [0.25, 0.3) is 0 Å². The molecule has 0 heterocycles. The van der Waals surface area contributed by atoms with Crippen LogP contribution in [0.4, 0.5) is 0 Å². The number of oxime groups is 1. The Morgan fingerprint density at radius 1 is 0.900 bits per heavy atom. The van der Waals surface area contributed by atoms with Crippen LogP contribution in [0.25, 0.3) is 11.1 Å². The number of ether oxygens (including phenoxy) is 1. The van der Waals surface area contributed by atoms with Gasteiger partial charge in [-0.25, -0.2) is 0 Å². The molecule has 0 atom stereocenters. The predicted octanol–water partition coefficient (Wildman–Crippen LogP) is 4.59. The molecule has 1 amide bonds. The van der Waals surface area contributed by atoms with Gasteiger partial charge in [0.05, 0.1) is 12.1 Å². The SMILES string of the molecule is CCC(=NOCCOc1cccc(CC(N)=O)c1)c1ccc(-c2ccccc2)cc1. The highest BCUT2D eigenvalue weighted by molar-refractivity contribution is 6.00. The maximum atomic E-state index is 11.0. The lowest BCUT2D eigenvalue weighted by Gasteiger charge is -2.08. The number of carbonyl (C=O) groups excluding carboxylic acids is 1. The second-order valence-electron chi connectivity index (χ2n) is 6.81. The van der Waals surface area contributed by atoms with Crippen LogP contribution in [0.15, 0.2) is 84.0 Å². The summed E-state index contributed by atoms with van der Waals surface area (Å²) in [5, 5.41) is 4.28. The molecule has 3 aromatic carbocycles. The van der Waals surface area contributed by atoms with E-state index in [0.717, 1.165) is 23.3 Å². The Hall–Kier alpha value is -3.60. The fourth-order valence-electron chi connectivity index (χ4n) is 3.07. The number of hydrogen-bond donors (Lipinski definition) is 1. The Kier molecular flexibility index (Phi) is 7.61.